The van der Waals surface area contributed by atoms with Gasteiger partial charge < -0.3 is 14.6 Å². The largest absolute Gasteiger partial charge is 0.385 e. The Bertz CT molecular complexity index is 312. The molecular weight excluding hydrogens is 196 g/mol. The summed E-state index contributed by atoms with van der Waals surface area (Å²) in [5, 5.41) is 9.69. The van der Waals surface area contributed by atoms with E-state index in [0.29, 0.717) is 6.42 Å². The summed E-state index contributed by atoms with van der Waals surface area (Å²) in [6.07, 6.45) is 0.498. The number of Topliss-reactive ketones (excluding diaryl/α,β-unsaturated/α-hetero) is 1. The number of ketones is 1. The Hall–Kier alpha value is -0.450. The van der Waals surface area contributed by atoms with Gasteiger partial charge in [-0.2, -0.15) is 0 Å². The molecule has 0 aromatic rings. The first-order valence-corrected chi connectivity index (χ1v) is 5.54. The molecule has 2 saturated carbocycles. The molecule has 0 aromatic carbocycles. The maximum Gasteiger partial charge on any atom is 0.163 e. The molecule has 3 rings (SSSR count). The SMILES string of the molecule is CC1(C)O[C@@H]2[C@H]3CC(=O)[C@@H](O)[C@H]3C[C@@H]2O1. The Morgan fingerprint density at radius 1 is 1.33 bits per heavy atom. The minimum absolute atomic E-state index is 0.00565. The molecule has 1 N–H and O–H groups in total. The van der Waals surface area contributed by atoms with E-state index in [1.165, 1.54) is 0 Å². The number of rotatable bonds is 0. The molecule has 15 heavy (non-hydrogen) atoms. The third-order valence-electron chi connectivity index (χ3n) is 3.87. The zero-order chi connectivity index (χ0) is 10.8. The molecule has 1 saturated heterocycles. The van der Waals surface area contributed by atoms with Crippen LogP contribution in [0.5, 0.6) is 0 Å². The third-order valence-corrected chi connectivity index (χ3v) is 3.87. The highest BCUT2D eigenvalue weighted by Gasteiger charge is 2.59. The van der Waals surface area contributed by atoms with Crippen molar-refractivity contribution in [2.75, 3.05) is 0 Å². The maximum atomic E-state index is 11.4. The zero-order valence-electron chi connectivity index (χ0n) is 8.97. The number of carbonyl (C=O) groups is 1. The first-order chi connectivity index (χ1) is 6.98. The van der Waals surface area contributed by atoms with E-state index < -0.39 is 11.9 Å². The van der Waals surface area contributed by atoms with Crippen molar-refractivity contribution in [3.05, 3.63) is 0 Å². The number of aliphatic hydroxyl groups excluding tert-OH is 1. The summed E-state index contributed by atoms with van der Waals surface area (Å²) in [5.74, 6) is -0.337. The Morgan fingerprint density at radius 2 is 2.07 bits per heavy atom. The molecule has 0 bridgehead atoms. The second-order valence-corrected chi connectivity index (χ2v) is 5.32. The van der Waals surface area contributed by atoms with Crippen molar-refractivity contribution in [1.82, 2.24) is 0 Å². The van der Waals surface area contributed by atoms with Crippen LogP contribution in [0.3, 0.4) is 0 Å². The molecule has 0 spiro atoms. The first-order valence-electron chi connectivity index (χ1n) is 5.54. The van der Waals surface area contributed by atoms with Crippen molar-refractivity contribution in [3.8, 4) is 0 Å². The van der Waals surface area contributed by atoms with Crippen molar-refractivity contribution in [1.29, 1.82) is 0 Å². The number of ether oxygens (including phenoxy) is 2. The quantitative estimate of drug-likeness (QED) is 0.634. The molecule has 4 nitrogen and oxygen atoms in total. The van der Waals surface area contributed by atoms with Gasteiger partial charge in [0.15, 0.2) is 11.6 Å². The van der Waals surface area contributed by atoms with Crippen molar-refractivity contribution in [2.24, 2.45) is 11.8 Å². The highest BCUT2D eigenvalue weighted by molar-refractivity contribution is 5.86. The molecule has 84 valence electrons. The molecule has 3 aliphatic rings. The van der Waals surface area contributed by atoms with Crippen molar-refractivity contribution >= 4 is 5.78 Å². The average molecular weight is 212 g/mol. The van der Waals surface area contributed by atoms with Crippen LogP contribution in [-0.2, 0) is 14.3 Å². The summed E-state index contributed by atoms with van der Waals surface area (Å²) in [6.45, 7) is 3.79. The van der Waals surface area contributed by atoms with Crippen LogP contribution in [-0.4, -0.2) is 35.0 Å². The van der Waals surface area contributed by atoms with Crippen molar-refractivity contribution < 1.29 is 19.4 Å². The summed E-state index contributed by atoms with van der Waals surface area (Å²) in [5.41, 5.74) is 0. The lowest BCUT2D eigenvalue weighted by Gasteiger charge is -2.22. The van der Waals surface area contributed by atoms with Gasteiger partial charge in [-0.25, -0.2) is 0 Å². The molecule has 5 atom stereocenters. The molecule has 1 aliphatic heterocycles. The highest BCUT2D eigenvalue weighted by Crippen LogP contribution is 2.50. The molecule has 0 amide bonds. The van der Waals surface area contributed by atoms with Gasteiger partial charge in [-0.05, 0) is 20.3 Å². The zero-order valence-corrected chi connectivity index (χ0v) is 8.97. The number of carbonyl (C=O) groups excluding carboxylic acids is 1. The summed E-state index contributed by atoms with van der Waals surface area (Å²) in [4.78, 5) is 11.4. The Labute approximate surface area is 88.6 Å². The fourth-order valence-electron chi connectivity index (χ4n) is 3.32. The van der Waals surface area contributed by atoms with Gasteiger partial charge in [0.05, 0.1) is 12.2 Å². The standard InChI is InChI=1S/C11H16O4/c1-11(2)14-8-4-5-6(10(8)15-11)3-7(12)9(5)13/h5-6,8-10,13H,3-4H2,1-2H3/t5-,6-,8-,9-,10+/m0/s1. The maximum absolute atomic E-state index is 11.4. The van der Waals surface area contributed by atoms with Gasteiger partial charge in [0.25, 0.3) is 0 Å². The van der Waals surface area contributed by atoms with Gasteiger partial charge in [-0.15, -0.1) is 0 Å². The lowest BCUT2D eigenvalue weighted by molar-refractivity contribution is -0.160. The third kappa shape index (κ3) is 1.28. The van der Waals surface area contributed by atoms with Gasteiger partial charge in [-0.3, -0.25) is 4.79 Å². The Morgan fingerprint density at radius 3 is 2.80 bits per heavy atom. The van der Waals surface area contributed by atoms with Crippen LogP contribution in [0, 0.1) is 11.8 Å². The predicted molar refractivity (Wildman–Crippen MR) is 51.1 cm³/mol. The van der Waals surface area contributed by atoms with E-state index in [0.717, 1.165) is 6.42 Å². The smallest absolute Gasteiger partial charge is 0.163 e. The molecule has 0 radical (unpaired) electrons. The summed E-state index contributed by atoms with van der Waals surface area (Å²) in [7, 11) is 0. The van der Waals surface area contributed by atoms with Gasteiger partial charge in [0.1, 0.15) is 6.10 Å². The van der Waals surface area contributed by atoms with Gasteiger partial charge in [0, 0.05) is 18.3 Å². The van der Waals surface area contributed by atoms with E-state index in [1.807, 2.05) is 13.8 Å². The second kappa shape index (κ2) is 2.81. The predicted octanol–water partition coefficient (Wildman–Crippen LogP) is 0.476. The number of aliphatic hydroxyl groups is 1. The number of fused-ring (bicyclic) bond motifs is 3. The average Bonchev–Trinajstić information content (AvgIpc) is 2.66. The summed E-state index contributed by atoms with van der Waals surface area (Å²) in [6, 6.07) is 0. The van der Waals surface area contributed by atoms with E-state index >= 15 is 0 Å². The normalized spacial score (nSPS) is 51.9. The highest BCUT2D eigenvalue weighted by atomic mass is 16.8. The number of hydrogen-bond donors (Lipinski definition) is 1. The Balaban J connectivity index is 1.83. The molecule has 0 unspecified atom stereocenters. The minimum atomic E-state index is -0.782. The van der Waals surface area contributed by atoms with Crippen LogP contribution in [0.15, 0.2) is 0 Å². The summed E-state index contributed by atoms with van der Waals surface area (Å²) < 4.78 is 11.5. The topological polar surface area (TPSA) is 55.8 Å². The lowest BCUT2D eigenvalue weighted by atomic mass is 9.98. The first kappa shape index (κ1) is 9.75. The molecular formula is C11H16O4. The van der Waals surface area contributed by atoms with Crippen molar-refractivity contribution in [2.45, 2.75) is 50.8 Å². The molecule has 0 aromatic heterocycles. The van der Waals surface area contributed by atoms with Crippen LogP contribution in [0.25, 0.3) is 0 Å². The lowest BCUT2D eigenvalue weighted by Crippen LogP contribution is -2.27. The molecule has 4 heteroatoms. The van der Waals surface area contributed by atoms with Crippen molar-refractivity contribution in [3.63, 3.8) is 0 Å². The van der Waals surface area contributed by atoms with Gasteiger partial charge in [0.2, 0.25) is 0 Å². The van der Waals surface area contributed by atoms with Crippen LogP contribution >= 0.6 is 0 Å². The molecule has 2 aliphatic carbocycles. The second-order valence-electron chi connectivity index (χ2n) is 5.32. The summed E-state index contributed by atoms with van der Waals surface area (Å²) >= 11 is 0. The monoisotopic (exact) mass is 212 g/mol. The van der Waals surface area contributed by atoms with Crippen LogP contribution in [0.2, 0.25) is 0 Å². The van der Waals surface area contributed by atoms with E-state index in [1.54, 1.807) is 0 Å². The fourth-order valence-corrected chi connectivity index (χ4v) is 3.32. The van der Waals surface area contributed by atoms with E-state index in [9.17, 15) is 9.90 Å². The minimum Gasteiger partial charge on any atom is -0.385 e. The Kier molecular flexibility index (Phi) is 1.83. The van der Waals surface area contributed by atoms with E-state index in [4.69, 9.17) is 9.47 Å². The molecule has 1 heterocycles. The van der Waals surface area contributed by atoms with Gasteiger partial charge in [-0.1, -0.05) is 0 Å². The van der Waals surface area contributed by atoms with Crippen LogP contribution in [0.1, 0.15) is 26.7 Å². The molecule has 3 fully saturated rings. The number of hydrogen-bond acceptors (Lipinski definition) is 4. The van der Waals surface area contributed by atoms with Gasteiger partial charge >= 0.3 is 0 Å². The van der Waals surface area contributed by atoms with E-state index in [-0.39, 0.29) is 29.8 Å². The van der Waals surface area contributed by atoms with E-state index in [2.05, 4.69) is 0 Å². The fraction of sp³-hybridized carbons (Fsp3) is 0.909. The van der Waals surface area contributed by atoms with Crippen LogP contribution < -0.4 is 0 Å². The van der Waals surface area contributed by atoms with Crippen LogP contribution in [0.4, 0.5) is 0 Å².